The summed E-state index contributed by atoms with van der Waals surface area (Å²) >= 11 is 0. The number of aliphatic imine (C=N–C) groups is 1. The molecule has 168 valence electrons. The minimum Gasteiger partial charge on any atom is -0.497 e. The van der Waals surface area contributed by atoms with Crippen LogP contribution in [0.2, 0.25) is 0 Å². The van der Waals surface area contributed by atoms with Gasteiger partial charge in [-0.2, -0.15) is 0 Å². The van der Waals surface area contributed by atoms with Gasteiger partial charge in [0.1, 0.15) is 5.75 Å². The topological polar surface area (TPSA) is 67.4 Å². The standard InChI is InChI=1S/C23H38N4O3/c1-3-24-23(25-10-5-12-29-17-20-9-13-30-18-20)26-15-19-8-11-27(16-19)21-6-4-7-22(14-21)28-2/h4,6-7,14,19-20H,3,5,8-13,15-18H2,1-2H3,(H2,24,25,26). The van der Waals surface area contributed by atoms with Gasteiger partial charge < -0.3 is 29.7 Å². The third-order valence-electron chi connectivity index (χ3n) is 5.69. The van der Waals surface area contributed by atoms with Gasteiger partial charge in [0, 0.05) is 63.6 Å². The molecule has 1 aromatic rings. The number of benzene rings is 1. The molecule has 7 heteroatoms. The molecule has 2 saturated heterocycles. The molecule has 1 aromatic carbocycles. The smallest absolute Gasteiger partial charge is 0.191 e. The van der Waals surface area contributed by atoms with Gasteiger partial charge in [0.2, 0.25) is 0 Å². The third kappa shape index (κ3) is 7.36. The number of ether oxygens (including phenoxy) is 3. The fourth-order valence-corrected chi connectivity index (χ4v) is 3.93. The predicted octanol–water partition coefficient (Wildman–Crippen LogP) is 2.52. The van der Waals surface area contributed by atoms with E-state index < -0.39 is 0 Å². The van der Waals surface area contributed by atoms with Crippen LogP contribution >= 0.6 is 0 Å². The molecule has 0 spiro atoms. The minimum absolute atomic E-state index is 0.573. The predicted molar refractivity (Wildman–Crippen MR) is 122 cm³/mol. The van der Waals surface area contributed by atoms with E-state index in [0.717, 1.165) is 83.7 Å². The van der Waals surface area contributed by atoms with Gasteiger partial charge in [-0.3, -0.25) is 4.99 Å². The summed E-state index contributed by atoms with van der Waals surface area (Å²) in [7, 11) is 1.71. The number of guanidine groups is 1. The maximum Gasteiger partial charge on any atom is 0.191 e. The zero-order chi connectivity index (χ0) is 21.0. The number of hydrogen-bond acceptors (Lipinski definition) is 5. The summed E-state index contributed by atoms with van der Waals surface area (Å²) in [4.78, 5) is 7.25. The second kappa shape index (κ2) is 12.6. The van der Waals surface area contributed by atoms with E-state index in [1.54, 1.807) is 7.11 Å². The normalized spacial score (nSPS) is 21.8. The van der Waals surface area contributed by atoms with Gasteiger partial charge in [0.15, 0.2) is 5.96 Å². The highest BCUT2D eigenvalue weighted by atomic mass is 16.5. The molecule has 2 unspecified atom stereocenters. The van der Waals surface area contributed by atoms with Gasteiger partial charge in [-0.25, -0.2) is 0 Å². The van der Waals surface area contributed by atoms with Crippen molar-refractivity contribution in [2.45, 2.75) is 26.2 Å². The van der Waals surface area contributed by atoms with Crippen LogP contribution < -0.4 is 20.3 Å². The number of hydrogen-bond donors (Lipinski definition) is 2. The Labute approximate surface area is 181 Å². The van der Waals surface area contributed by atoms with Crippen LogP contribution in [0.5, 0.6) is 5.75 Å². The molecule has 30 heavy (non-hydrogen) atoms. The van der Waals surface area contributed by atoms with E-state index >= 15 is 0 Å². The lowest BCUT2D eigenvalue weighted by atomic mass is 10.1. The molecule has 0 aliphatic carbocycles. The molecule has 0 bridgehead atoms. The lowest BCUT2D eigenvalue weighted by Gasteiger charge is -2.19. The van der Waals surface area contributed by atoms with Gasteiger partial charge in [-0.1, -0.05) is 6.07 Å². The number of rotatable bonds is 11. The lowest BCUT2D eigenvalue weighted by molar-refractivity contribution is 0.0888. The summed E-state index contributed by atoms with van der Waals surface area (Å²) in [6.07, 6.45) is 3.27. The number of nitrogens with one attached hydrogen (secondary N) is 2. The third-order valence-corrected chi connectivity index (χ3v) is 5.69. The van der Waals surface area contributed by atoms with Crippen LogP contribution in [0.15, 0.2) is 29.3 Å². The highest BCUT2D eigenvalue weighted by Crippen LogP contribution is 2.27. The number of anilines is 1. The fraction of sp³-hybridized carbons (Fsp3) is 0.696. The largest absolute Gasteiger partial charge is 0.497 e. The Morgan fingerprint density at radius 3 is 3.00 bits per heavy atom. The Morgan fingerprint density at radius 2 is 2.20 bits per heavy atom. The summed E-state index contributed by atoms with van der Waals surface area (Å²) in [5, 5.41) is 6.79. The van der Waals surface area contributed by atoms with Gasteiger partial charge in [0.05, 0.1) is 20.3 Å². The van der Waals surface area contributed by atoms with E-state index in [9.17, 15) is 0 Å². The van der Waals surface area contributed by atoms with Crippen molar-refractivity contribution in [1.82, 2.24) is 10.6 Å². The highest BCUT2D eigenvalue weighted by Gasteiger charge is 2.23. The number of nitrogens with zero attached hydrogens (tertiary/aromatic N) is 2. The summed E-state index contributed by atoms with van der Waals surface area (Å²) in [5.41, 5.74) is 1.23. The van der Waals surface area contributed by atoms with Crippen molar-refractivity contribution < 1.29 is 14.2 Å². The van der Waals surface area contributed by atoms with Crippen molar-refractivity contribution in [1.29, 1.82) is 0 Å². The molecule has 0 radical (unpaired) electrons. The molecule has 3 rings (SSSR count). The molecule has 2 heterocycles. The van der Waals surface area contributed by atoms with E-state index in [0.29, 0.717) is 11.8 Å². The van der Waals surface area contributed by atoms with Crippen LogP contribution in [0.4, 0.5) is 5.69 Å². The van der Waals surface area contributed by atoms with E-state index in [-0.39, 0.29) is 0 Å². The summed E-state index contributed by atoms with van der Waals surface area (Å²) < 4.78 is 16.5. The van der Waals surface area contributed by atoms with E-state index in [4.69, 9.17) is 19.2 Å². The second-order valence-electron chi connectivity index (χ2n) is 8.11. The zero-order valence-corrected chi connectivity index (χ0v) is 18.6. The Morgan fingerprint density at radius 1 is 1.27 bits per heavy atom. The second-order valence-corrected chi connectivity index (χ2v) is 8.11. The van der Waals surface area contributed by atoms with Crippen molar-refractivity contribution in [2.75, 3.05) is 71.2 Å². The van der Waals surface area contributed by atoms with Crippen LogP contribution in [0, 0.1) is 11.8 Å². The average molecular weight is 419 g/mol. The minimum atomic E-state index is 0.573. The van der Waals surface area contributed by atoms with Gasteiger partial charge >= 0.3 is 0 Å². The maximum atomic E-state index is 5.78. The first-order chi connectivity index (χ1) is 14.8. The SMILES string of the molecule is CCNC(=NCC1CCN(c2cccc(OC)c2)C1)NCCCOCC1CCOC1. The van der Waals surface area contributed by atoms with Crippen LogP contribution in [0.3, 0.4) is 0 Å². The summed E-state index contributed by atoms with van der Waals surface area (Å²) in [6, 6.07) is 8.31. The molecule has 0 saturated carbocycles. The average Bonchev–Trinajstić information content (AvgIpc) is 3.46. The van der Waals surface area contributed by atoms with Gasteiger partial charge in [-0.05, 0) is 44.2 Å². The first kappa shape index (κ1) is 22.7. The van der Waals surface area contributed by atoms with E-state index in [1.165, 1.54) is 12.1 Å². The van der Waals surface area contributed by atoms with Crippen LogP contribution in [0.1, 0.15) is 26.2 Å². The Balaban J connectivity index is 1.35. The van der Waals surface area contributed by atoms with Crippen LogP contribution in [-0.4, -0.2) is 72.2 Å². The monoisotopic (exact) mass is 418 g/mol. The highest BCUT2D eigenvalue weighted by molar-refractivity contribution is 5.79. The van der Waals surface area contributed by atoms with Gasteiger partial charge in [0.25, 0.3) is 0 Å². The molecule has 0 amide bonds. The molecular formula is C23H38N4O3. The van der Waals surface area contributed by atoms with Crippen molar-refractivity contribution in [3.05, 3.63) is 24.3 Å². The Bertz CT molecular complexity index is 649. The van der Waals surface area contributed by atoms with Crippen LogP contribution in [-0.2, 0) is 9.47 Å². The molecule has 0 aromatic heterocycles. The molecule has 2 aliphatic heterocycles. The summed E-state index contributed by atoms with van der Waals surface area (Å²) in [6.45, 7) is 10.1. The molecule has 7 nitrogen and oxygen atoms in total. The molecule has 2 atom stereocenters. The first-order valence-electron chi connectivity index (χ1n) is 11.3. The van der Waals surface area contributed by atoms with Gasteiger partial charge in [-0.15, -0.1) is 0 Å². The van der Waals surface area contributed by atoms with E-state index in [2.05, 4.69) is 40.7 Å². The quantitative estimate of drug-likeness (QED) is 0.327. The zero-order valence-electron chi connectivity index (χ0n) is 18.6. The summed E-state index contributed by atoms with van der Waals surface area (Å²) in [5.74, 6) is 2.97. The van der Waals surface area contributed by atoms with E-state index in [1.807, 2.05) is 6.07 Å². The Kier molecular flexibility index (Phi) is 9.57. The van der Waals surface area contributed by atoms with Crippen molar-refractivity contribution in [3.63, 3.8) is 0 Å². The first-order valence-corrected chi connectivity index (χ1v) is 11.3. The molecular weight excluding hydrogens is 380 g/mol. The van der Waals surface area contributed by atoms with Crippen molar-refractivity contribution in [3.8, 4) is 5.75 Å². The molecule has 2 N–H and O–H groups in total. The fourth-order valence-electron chi connectivity index (χ4n) is 3.93. The van der Waals surface area contributed by atoms with Crippen molar-refractivity contribution in [2.24, 2.45) is 16.8 Å². The maximum absolute atomic E-state index is 5.78. The molecule has 2 fully saturated rings. The Hall–Kier alpha value is -1.99. The molecule has 2 aliphatic rings. The van der Waals surface area contributed by atoms with Crippen LogP contribution in [0.25, 0.3) is 0 Å². The lowest BCUT2D eigenvalue weighted by Crippen LogP contribution is -2.38. The van der Waals surface area contributed by atoms with Crippen molar-refractivity contribution >= 4 is 11.6 Å². The number of methoxy groups -OCH3 is 1.